The largest absolute Gasteiger partial charge is 0.392 e. The summed E-state index contributed by atoms with van der Waals surface area (Å²) in [6, 6.07) is 7.65. The first-order valence-electron chi connectivity index (χ1n) is 6.92. The van der Waals surface area contributed by atoms with Crippen molar-refractivity contribution in [3.63, 3.8) is 0 Å². The van der Waals surface area contributed by atoms with Crippen molar-refractivity contribution in [2.75, 3.05) is 37.5 Å². The molecule has 6 heteroatoms. The molecular weight excluding hydrogens is 286 g/mol. The van der Waals surface area contributed by atoms with Gasteiger partial charge in [-0.05, 0) is 37.1 Å². The summed E-state index contributed by atoms with van der Waals surface area (Å²) < 4.78 is 5.32. The molecule has 1 heterocycles. The second-order valence-corrected chi connectivity index (χ2v) is 5.89. The number of carbonyl (C=O) groups excluding carboxylic acids is 1. The van der Waals surface area contributed by atoms with Gasteiger partial charge in [0.25, 0.3) is 0 Å². The van der Waals surface area contributed by atoms with Crippen LogP contribution in [-0.2, 0) is 9.53 Å². The van der Waals surface area contributed by atoms with Crippen LogP contribution >= 0.6 is 12.2 Å². The number of carbonyl (C=O) groups is 1. The van der Waals surface area contributed by atoms with Gasteiger partial charge in [-0.2, -0.15) is 0 Å². The molecule has 0 saturated carbocycles. The first kappa shape index (κ1) is 15.7. The maximum atomic E-state index is 12.6. The van der Waals surface area contributed by atoms with E-state index in [1.807, 2.05) is 43.3 Å². The van der Waals surface area contributed by atoms with Gasteiger partial charge in [-0.3, -0.25) is 4.79 Å². The van der Waals surface area contributed by atoms with Crippen molar-refractivity contribution in [2.24, 2.45) is 11.1 Å². The highest BCUT2D eigenvalue weighted by molar-refractivity contribution is 7.80. The van der Waals surface area contributed by atoms with Crippen molar-refractivity contribution in [1.82, 2.24) is 0 Å². The number of rotatable bonds is 4. The summed E-state index contributed by atoms with van der Waals surface area (Å²) in [4.78, 5) is 14.8. The van der Waals surface area contributed by atoms with Crippen LogP contribution in [0.4, 0.5) is 11.4 Å². The smallest absolute Gasteiger partial charge is 0.237 e. The first-order chi connectivity index (χ1) is 9.95. The summed E-state index contributed by atoms with van der Waals surface area (Å²) in [5.41, 5.74) is 6.85. The molecule has 1 aliphatic heterocycles. The molecule has 21 heavy (non-hydrogen) atoms. The van der Waals surface area contributed by atoms with Gasteiger partial charge in [-0.1, -0.05) is 12.2 Å². The second-order valence-electron chi connectivity index (χ2n) is 5.45. The number of ether oxygens (including phenoxy) is 1. The predicted molar refractivity (Wildman–Crippen MR) is 88.7 cm³/mol. The van der Waals surface area contributed by atoms with Crippen LogP contribution in [0.5, 0.6) is 0 Å². The quantitative estimate of drug-likeness (QED) is 0.830. The fourth-order valence-corrected chi connectivity index (χ4v) is 2.70. The maximum absolute atomic E-state index is 12.6. The molecule has 5 nitrogen and oxygen atoms in total. The van der Waals surface area contributed by atoms with Crippen molar-refractivity contribution in [2.45, 2.75) is 12.8 Å². The highest BCUT2D eigenvalue weighted by Crippen LogP contribution is 2.32. The summed E-state index contributed by atoms with van der Waals surface area (Å²) in [5.74, 6) is -0.143. The van der Waals surface area contributed by atoms with Crippen LogP contribution in [0.3, 0.4) is 0 Å². The highest BCUT2D eigenvalue weighted by Gasteiger charge is 2.43. The van der Waals surface area contributed by atoms with Gasteiger partial charge in [0.1, 0.15) is 5.41 Å². The monoisotopic (exact) mass is 307 g/mol. The molecule has 0 radical (unpaired) electrons. The molecule has 0 spiro atoms. The van der Waals surface area contributed by atoms with E-state index in [0.29, 0.717) is 26.1 Å². The van der Waals surface area contributed by atoms with E-state index in [0.717, 1.165) is 11.4 Å². The number of hydrogen-bond donors (Lipinski definition) is 2. The lowest BCUT2D eigenvalue weighted by atomic mass is 9.79. The number of amides is 1. The van der Waals surface area contributed by atoms with Crippen molar-refractivity contribution in [3.05, 3.63) is 24.3 Å². The molecule has 0 aromatic heterocycles. The molecule has 1 aliphatic rings. The van der Waals surface area contributed by atoms with Crippen LogP contribution in [0, 0.1) is 5.41 Å². The average molecular weight is 307 g/mol. The Balaban J connectivity index is 2.13. The van der Waals surface area contributed by atoms with Gasteiger partial charge in [0.2, 0.25) is 5.91 Å². The normalized spacial score (nSPS) is 17.0. The third-order valence-corrected chi connectivity index (χ3v) is 4.28. The molecule has 0 unspecified atom stereocenters. The number of nitrogens with two attached hydrogens (primary N) is 1. The molecule has 1 aromatic rings. The van der Waals surface area contributed by atoms with Gasteiger partial charge < -0.3 is 20.7 Å². The van der Waals surface area contributed by atoms with Crippen molar-refractivity contribution in [1.29, 1.82) is 0 Å². The third-order valence-electron chi connectivity index (χ3n) is 3.89. The average Bonchev–Trinajstić information content (AvgIpc) is 2.48. The van der Waals surface area contributed by atoms with Gasteiger partial charge in [0, 0.05) is 38.7 Å². The van der Waals surface area contributed by atoms with E-state index >= 15 is 0 Å². The Kier molecular flexibility index (Phi) is 4.80. The minimum absolute atomic E-state index is 0.143. The van der Waals surface area contributed by atoms with Gasteiger partial charge >= 0.3 is 0 Å². The highest BCUT2D eigenvalue weighted by atomic mass is 32.1. The van der Waals surface area contributed by atoms with Crippen LogP contribution < -0.4 is 16.0 Å². The molecule has 2 rings (SSSR count). The van der Waals surface area contributed by atoms with Crippen molar-refractivity contribution >= 4 is 34.5 Å². The Labute approximate surface area is 130 Å². The Morgan fingerprint density at radius 1 is 1.29 bits per heavy atom. The Morgan fingerprint density at radius 2 is 1.86 bits per heavy atom. The molecule has 3 N–H and O–H groups in total. The van der Waals surface area contributed by atoms with E-state index in [2.05, 4.69) is 5.32 Å². The third kappa shape index (κ3) is 3.33. The van der Waals surface area contributed by atoms with Gasteiger partial charge in [-0.15, -0.1) is 0 Å². The van der Waals surface area contributed by atoms with E-state index < -0.39 is 5.41 Å². The van der Waals surface area contributed by atoms with E-state index in [-0.39, 0.29) is 10.9 Å². The Bertz CT molecular complexity index is 522. The number of thiocarbonyl (C=S) groups is 1. The second kappa shape index (κ2) is 6.41. The lowest BCUT2D eigenvalue weighted by Gasteiger charge is -2.34. The number of hydrogen-bond acceptors (Lipinski definition) is 4. The summed E-state index contributed by atoms with van der Waals surface area (Å²) >= 11 is 5.13. The minimum atomic E-state index is -0.798. The summed E-state index contributed by atoms with van der Waals surface area (Å²) in [5, 5.41) is 2.92. The molecule has 0 atom stereocenters. The van der Waals surface area contributed by atoms with Crippen LogP contribution in [0.1, 0.15) is 12.8 Å². The molecule has 0 aliphatic carbocycles. The summed E-state index contributed by atoms with van der Waals surface area (Å²) in [6.45, 7) is 1.01. The van der Waals surface area contributed by atoms with Crippen molar-refractivity contribution in [3.8, 4) is 0 Å². The topological polar surface area (TPSA) is 67.6 Å². The Hall–Kier alpha value is -1.66. The molecule has 0 bridgehead atoms. The number of nitrogens with zero attached hydrogens (tertiary/aromatic N) is 1. The number of benzene rings is 1. The molecular formula is C15H21N3O2S. The first-order valence-corrected chi connectivity index (χ1v) is 7.33. The SMILES string of the molecule is CN(C)c1ccc(NC(=O)C2(C(N)=S)CCOCC2)cc1. The van der Waals surface area contributed by atoms with E-state index in [1.165, 1.54) is 0 Å². The fourth-order valence-electron chi connectivity index (χ4n) is 2.40. The molecule has 1 amide bonds. The van der Waals surface area contributed by atoms with Crippen LogP contribution in [0.25, 0.3) is 0 Å². The van der Waals surface area contributed by atoms with Crippen LogP contribution in [0.15, 0.2) is 24.3 Å². The van der Waals surface area contributed by atoms with E-state index in [4.69, 9.17) is 22.7 Å². The zero-order valence-electron chi connectivity index (χ0n) is 12.4. The lowest BCUT2D eigenvalue weighted by Crippen LogP contribution is -2.49. The van der Waals surface area contributed by atoms with Crippen LogP contribution in [-0.4, -0.2) is 38.2 Å². The number of nitrogens with one attached hydrogen (secondary N) is 1. The molecule has 1 saturated heterocycles. The molecule has 1 fully saturated rings. The minimum Gasteiger partial charge on any atom is -0.392 e. The lowest BCUT2D eigenvalue weighted by molar-refractivity contribution is -0.126. The zero-order valence-corrected chi connectivity index (χ0v) is 13.2. The Morgan fingerprint density at radius 3 is 2.33 bits per heavy atom. The van der Waals surface area contributed by atoms with Crippen LogP contribution in [0.2, 0.25) is 0 Å². The standard InChI is InChI=1S/C15H21N3O2S/c1-18(2)12-5-3-11(4-6-12)17-14(19)15(13(16)21)7-9-20-10-8-15/h3-6H,7-10H2,1-2H3,(H2,16,21)(H,17,19). The van der Waals surface area contributed by atoms with Gasteiger partial charge in [-0.25, -0.2) is 0 Å². The van der Waals surface area contributed by atoms with Crippen molar-refractivity contribution < 1.29 is 9.53 Å². The zero-order chi connectivity index (χ0) is 15.5. The van der Waals surface area contributed by atoms with E-state index in [1.54, 1.807) is 0 Å². The van der Waals surface area contributed by atoms with Gasteiger partial charge in [0.15, 0.2) is 0 Å². The van der Waals surface area contributed by atoms with Gasteiger partial charge in [0.05, 0.1) is 4.99 Å². The fraction of sp³-hybridized carbons (Fsp3) is 0.467. The summed E-state index contributed by atoms with van der Waals surface area (Å²) in [6.07, 6.45) is 1.06. The number of anilines is 2. The summed E-state index contributed by atoms with van der Waals surface area (Å²) in [7, 11) is 3.94. The molecule has 1 aromatic carbocycles. The maximum Gasteiger partial charge on any atom is 0.237 e. The van der Waals surface area contributed by atoms with E-state index in [9.17, 15) is 4.79 Å². The predicted octanol–water partition coefficient (Wildman–Crippen LogP) is 1.77. The molecule has 114 valence electrons.